The third kappa shape index (κ3) is 5.38. The van der Waals surface area contributed by atoms with Gasteiger partial charge in [-0.25, -0.2) is 4.39 Å². The van der Waals surface area contributed by atoms with Gasteiger partial charge in [-0.05, 0) is 25.5 Å². The van der Waals surface area contributed by atoms with Crippen LogP contribution in [0.25, 0.3) is 11.3 Å². The van der Waals surface area contributed by atoms with Gasteiger partial charge in [-0.15, -0.1) is 0 Å². The van der Waals surface area contributed by atoms with Gasteiger partial charge in [0, 0.05) is 11.4 Å². The van der Waals surface area contributed by atoms with Crippen molar-refractivity contribution in [3.8, 4) is 11.3 Å². The highest BCUT2D eigenvalue weighted by Gasteiger charge is 2.48. The summed E-state index contributed by atoms with van der Waals surface area (Å²) in [5.41, 5.74) is -2.01. The predicted octanol–water partition coefficient (Wildman–Crippen LogP) is 2.33. The van der Waals surface area contributed by atoms with Gasteiger partial charge in [-0.2, -0.15) is 0 Å². The molecule has 4 N–H and O–H groups in total. The molecular formula is C24H27BFN3O4. The Balaban J connectivity index is 1.69. The first kappa shape index (κ1) is 24.3. The Morgan fingerprint density at radius 1 is 1.12 bits per heavy atom. The first-order chi connectivity index (χ1) is 15.7. The van der Waals surface area contributed by atoms with Crippen LogP contribution in [0.3, 0.4) is 0 Å². The number of halogens is 1. The molecule has 1 heterocycles. The van der Waals surface area contributed by atoms with Crippen molar-refractivity contribution in [1.82, 2.24) is 15.6 Å². The zero-order valence-corrected chi connectivity index (χ0v) is 18.5. The first-order valence-electron chi connectivity index (χ1n) is 10.7. The van der Waals surface area contributed by atoms with Crippen LogP contribution in [-0.2, 0) is 16.1 Å². The third-order valence-electron chi connectivity index (χ3n) is 5.83. The quantitative estimate of drug-likeness (QED) is 0.364. The van der Waals surface area contributed by atoms with Crippen LogP contribution in [0.5, 0.6) is 0 Å². The molecule has 0 bridgehead atoms. The minimum absolute atomic E-state index is 0.0637. The Bertz CT molecular complexity index is 1060. The second-order valence-corrected chi connectivity index (χ2v) is 8.10. The number of carbonyl (C=O) groups excluding carboxylic acids is 2. The number of aromatic nitrogens is 1. The fourth-order valence-corrected chi connectivity index (χ4v) is 3.74. The summed E-state index contributed by atoms with van der Waals surface area (Å²) in [7, 11) is -1.77. The number of benzene rings is 1. The molecule has 1 aliphatic carbocycles. The fraction of sp³-hybridized carbons (Fsp3) is 0.292. The molecule has 1 aromatic carbocycles. The summed E-state index contributed by atoms with van der Waals surface area (Å²) < 4.78 is 15.3. The standard InChI is InChI=1S/C24H27BFN3O4/c1-3-24(15-8-7-14-20(24)25(32)33)29-22(31)23(2,26)21(30)27-16-18-12-9-13-19(28-18)17-10-5-4-6-11-17/h4-15,20,32-33H,3,16H2,1-2H3,(H,27,30)(H,29,31)/t20?,23?,24-/m0/s1. The van der Waals surface area contributed by atoms with E-state index in [1.165, 1.54) is 6.08 Å². The summed E-state index contributed by atoms with van der Waals surface area (Å²) >= 11 is 0. The number of nitrogens with one attached hydrogen (secondary N) is 2. The summed E-state index contributed by atoms with van der Waals surface area (Å²) in [6.07, 6.45) is 6.60. The maximum Gasteiger partial charge on any atom is 0.461 e. The molecule has 2 unspecified atom stereocenters. The van der Waals surface area contributed by atoms with E-state index in [4.69, 9.17) is 0 Å². The van der Waals surface area contributed by atoms with Crippen LogP contribution in [0.2, 0.25) is 5.82 Å². The van der Waals surface area contributed by atoms with Crippen molar-refractivity contribution in [2.24, 2.45) is 0 Å². The van der Waals surface area contributed by atoms with Crippen molar-refractivity contribution in [3.63, 3.8) is 0 Å². The van der Waals surface area contributed by atoms with Crippen LogP contribution < -0.4 is 10.6 Å². The number of hydrogen-bond acceptors (Lipinski definition) is 5. The highest BCUT2D eigenvalue weighted by atomic mass is 19.1. The molecule has 3 atom stereocenters. The lowest BCUT2D eigenvalue weighted by atomic mass is 9.59. The topological polar surface area (TPSA) is 112 Å². The average Bonchev–Trinajstić information content (AvgIpc) is 2.83. The Labute approximate surface area is 192 Å². The van der Waals surface area contributed by atoms with Gasteiger partial charge in [-0.3, -0.25) is 14.6 Å². The third-order valence-corrected chi connectivity index (χ3v) is 5.83. The van der Waals surface area contributed by atoms with E-state index in [0.717, 1.165) is 12.5 Å². The molecule has 9 heteroatoms. The largest absolute Gasteiger partial charge is 0.461 e. The summed E-state index contributed by atoms with van der Waals surface area (Å²) in [6.45, 7) is 2.54. The number of amides is 2. The van der Waals surface area contributed by atoms with Crippen molar-refractivity contribution in [2.75, 3.05) is 0 Å². The maximum atomic E-state index is 15.3. The number of alkyl halides is 1. The zero-order chi connectivity index (χ0) is 24.1. The van der Waals surface area contributed by atoms with Gasteiger partial charge in [0.25, 0.3) is 17.5 Å². The monoisotopic (exact) mass is 451 g/mol. The van der Waals surface area contributed by atoms with E-state index in [1.807, 2.05) is 36.4 Å². The normalized spacial score (nSPS) is 21.2. The molecule has 0 aliphatic heterocycles. The molecule has 0 fully saturated rings. The van der Waals surface area contributed by atoms with Gasteiger partial charge in [0.1, 0.15) is 0 Å². The fourth-order valence-electron chi connectivity index (χ4n) is 3.74. The minimum Gasteiger partial charge on any atom is -0.427 e. The van der Waals surface area contributed by atoms with Crippen LogP contribution in [0.15, 0.2) is 72.8 Å². The molecule has 1 aromatic heterocycles. The number of nitrogens with zero attached hydrogens (tertiary/aromatic N) is 1. The van der Waals surface area contributed by atoms with E-state index in [0.29, 0.717) is 11.4 Å². The summed E-state index contributed by atoms with van der Waals surface area (Å²) in [4.78, 5) is 29.8. The average molecular weight is 451 g/mol. The van der Waals surface area contributed by atoms with Crippen molar-refractivity contribution < 1.29 is 24.0 Å². The molecule has 1 aliphatic rings. The predicted molar refractivity (Wildman–Crippen MR) is 124 cm³/mol. The molecule has 2 aromatic rings. The molecule has 2 amide bonds. The highest BCUT2D eigenvalue weighted by Crippen LogP contribution is 2.34. The lowest BCUT2D eigenvalue weighted by Gasteiger charge is -2.39. The van der Waals surface area contributed by atoms with Gasteiger partial charge in [0.15, 0.2) is 0 Å². The van der Waals surface area contributed by atoms with Gasteiger partial charge < -0.3 is 20.7 Å². The van der Waals surface area contributed by atoms with E-state index >= 15 is 4.39 Å². The minimum atomic E-state index is -2.89. The highest BCUT2D eigenvalue weighted by molar-refractivity contribution is 6.44. The Morgan fingerprint density at radius 2 is 1.85 bits per heavy atom. The second kappa shape index (κ2) is 10.1. The maximum absolute atomic E-state index is 15.3. The SMILES string of the molecule is CC[C@]1(NC(=O)C(C)(F)C(=O)NCc2cccc(-c3ccccc3)n2)C=CC=CC1B(O)O. The van der Waals surface area contributed by atoms with Gasteiger partial charge in [-0.1, -0.05) is 67.6 Å². The van der Waals surface area contributed by atoms with Crippen LogP contribution in [0.1, 0.15) is 26.0 Å². The van der Waals surface area contributed by atoms with Crippen LogP contribution in [0.4, 0.5) is 4.39 Å². The number of rotatable bonds is 8. The summed E-state index contributed by atoms with van der Waals surface area (Å²) in [5, 5.41) is 24.4. The molecule has 33 heavy (non-hydrogen) atoms. The molecule has 7 nitrogen and oxygen atoms in total. The lowest BCUT2D eigenvalue weighted by Crippen LogP contribution is -2.61. The summed E-state index contributed by atoms with van der Waals surface area (Å²) in [6, 6.07) is 14.8. The molecule has 172 valence electrons. The van der Waals surface area contributed by atoms with Crippen molar-refractivity contribution >= 4 is 18.9 Å². The van der Waals surface area contributed by atoms with Crippen LogP contribution in [0, 0.1) is 0 Å². The number of allylic oxidation sites excluding steroid dienone is 2. The molecule has 0 spiro atoms. The molecule has 0 saturated heterocycles. The van der Waals surface area contributed by atoms with Crippen molar-refractivity contribution in [1.29, 1.82) is 0 Å². The molecule has 0 saturated carbocycles. The smallest absolute Gasteiger partial charge is 0.427 e. The van der Waals surface area contributed by atoms with E-state index < -0.39 is 36.0 Å². The Kier molecular flexibility index (Phi) is 7.45. The molecule has 0 radical (unpaired) electrons. The van der Waals surface area contributed by atoms with Crippen molar-refractivity contribution in [2.45, 2.75) is 43.8 Å². The van der Waals surface area contributed by atoms with Crippen LogP contribution >= 0.6 is 0 Å². The van der Waals surface area contributed by atoms with Gasteiger partial charge >= 0.3 is 7.12 Å². The number of carbonyl (C=O) groups is 2. The lowest BCUT2D eigenvalue weighted by molar-refractivity contribution is -0.145. The van der Waals surface area contributed by atoms with Crippen molar-refractivity contribution in [3.05, 3.63) is 78.5 Å². The number of pyridine rings is 1. The van der Waals surface area contributed by atoms with Gasteiger partial charge in [0.2, 0.25) is 0 Å². The number of hydrogen-bond donors (Lipinski definition) is 4. The molecular weight excluding hydrogens is 424 g/mol. The van der Waals surface area contributed by atoms with E-state index in [-0.39, 0.29) is 13.0 Å². The summed E-state index contributed by atoms with van der Waals surface area (Å²) in [5.74, 6) is -3.17. The van der Waals surface area contributed by atoms with E-state index in [2.05, 4.69) is 15.6 Å². The van der Waals surface area contributed by atoms with E-state index in [9.17, 15) is 19.6 Å². The van der Waals surface area contributed by atoms with Gasteiger partial charge in [0.05, 0.1) is 23.5 Å². The Hall–Kier alpha value is -3.30. The second-order valence-electron chi connectivity index (χ2n) is 8.10. The van der Waals surface area contributed by atoms with Crippen LogP contribution in [-0.4, -0.2) is 45.2 Å². The molecule has 3 rings (SSSR count). The first-order valence-corrected chi connectivity index (χ1v) is 10.7. The van der Waals surface area contributed by atoms with E-state index in [1.54, 1.807) is 37.3 Å². The zero-order valence-electron chi connectivity index (χ0n) is 18.5. The Morgan fingerprint density at radius 3 is 2.52 bits per heavy atom.